The van der Waals surface area contributed by atoms with Gasteiger partial charge in [-0.15, -0.1) is 0 Å². The van der Waals surface area contributed by atoms with Gasteiger partial charge in [0.05, 0.1) is 5.52 Å². The van der Waals surface area contributed by atoms with Crippen molar-refractivity contribution >= 4 is 28.7 Å². The van der Waals surface area contributed by atoms with Crippen LogP contribution in [0.1, 0.15) is 27.3 Å². The smallest absolute Gasteiger partial charge is 0.331 e. The lowest BCUT2D eigenvalue weighted by Crippen LogP contribution is -2.16. The molecule has 0 unspecified atom stereocenters. The van der Waals surface area contributed by atoms with Crippen LogP contribution in [0.15, 0.2) is 66.9 Å². The van der Waals surface area contributed by atoms with E-state index in [1.165, 1.54) is 6.08 Å². The number of hydrogen-bond acceptors (Lipinski definition) is 6. The summed E-state index contributed by atoms with van der Waals surface area (Å²) in [7, 11) is 0. The van der Waals surface area contributed by atoms with Crippen LogP contribution in [0.4, 0.5) is 0 Å². The quantitative estimate of drug-likeness (QED) is 0.229. The van der Waals surface area contributed by atoms with Crippen LogP contribution < -0.4 is 9.47 Å². The number of aryl methyl sites for hydroxylation is 1. The SMILES string of the molecule is Cc1cc(C(=O)COC(=O)/C=C/c2cccc3cccnc23)c(C)n1-c1ccc2c(c1)OCCO2. The first-order valence-electron chi connectivity index (χ1n) is 11.3. The zero-order valence-electron chi connectivity index (χ0n) is 19.5. The minimum atomic E-state index is -0.591. The second-order valence-electron chi connectivity index (χ2n) is 8.23. The van der Waals surface area contributed by atoms with E-state index in [0.29, 0.717) is 30.3 Å². The van der Waals surface area contributed by atoms with Gasteiger partial charge in [-0.25, -0.2) is 4.79 Å². The number of fused-ring (bicyclic) bond motifs is 2. The molecule has 0 bridgehead atoms. The van der Waals surface area contributed by atoms with Gasteiger partial charge in [-0.3, -0.25) is 9.78 Å². The van der Waals surface area contributed by atoms with Gasteiger partial charge in [0.25, 0.3) is 0 Å². The molecule has 0 saturated heterocycles. The summed E-state index contributed by atoms with van der Waals surface area (Å²) in [6, 6.07) is 17.0. The molecule has 5 rings (SSSR count). The van der Waals surface area contributed by atoms with Crippen molar-refractivity contribution in [1.82, 2.24) is 9.55 Å². The molecule has 1 aliphatic heterocycles. The highest BCUT2D eigenvalue weighted by molar-refractivity contribution is 6.00. The Hall–Kier alpha value is -4.39. The van der Waals surface area contributed by atoms with E-state index in [1.807, 2.05) is 66.9 Å². The number of benzene rings is 2. The van der Waals surface area contributed by atoms with Crippen molar-refractivity contribution in [2.24, 2.45) is 0 Å². The van der Waals surface area contributed by atoms with Crippen LogP contribution in [0, 0.1) is 13.8 Å². The summed E-state index contributed by atoms with van der Waals surface area (Å²) in [5.41, 5.74) is 4.62. The number of esters is 1. The van der Waals surface area contributed by atoms with E-state index < -0.39 is 5.97 Å². The maximum atomic E-state index is 12.9. The fourth-order valence-electron chi connectivity index (χ4n) is 4.30. The summed E-state index contributed by atoms with van der Waals surface area (Å²) in [5.74, 6) is 0.525. The monoisotopic (exact) mass is 468 g/mol. The van der Waals surface area contributed by atoms with Gasteiger partial charge in [0.1, 0.15) is 13.2 Å². The van der Waals surface area contributed by atoms with Crippen molar-refractivity contribution < 1.29 is 23.8 Å². The number of rotatable bonds is 6. The van der Waals surface area contributed by atoms with E-state index >= 15 is 0 Å². The number of ketones is 1. The first kappa shape index (κ1) is 22.4. The highest BCUT2D eigenvalue weighted by Gasteiger charge is 2.19. The molecule has 7 nitrogen and oxygen atoms in total. The van der Waals surface area contributed by atoms with E-state index in [0.717, 1.165) is 33.5 Å². The van der Waals surface area contributed by atoms with E-state index in [2.05, 4.69) is 4.98 Å². The van der Waals surface area contributed by atoms with Crippen LogP contribution in [-0.4, -0.2) is 41.1 Å². The van der Waals surface area contributed by atoms with Crippen molar-refractivity contribution in [3.8, 4) is 17.2 Å². The number of ether oxygens (including phenoxy) is 3. The molecule has 2 aromatic heterocycles. The van der Waals surface area contributed by atoms with Crippen molar-refractivity contribution in [3.05, 3.63) is 89.4 Å². The Morgan fingerprint density at radius 2 is 1.83 bits per heavy atom. The molecular formula is C28H24N2O5. The molecule has 176 valence electrons. The van der Waals surface area contributed by atoms with Gasteiger partial charge in [0.15, 0.2) is 18.1 Å². The van der Waals surface area contributed by atoms with Crippen molar-refractivity contribution in [2.45, 2.75) is 13.8 Å². The van der Waals surface area contributed by atoms with Gasteiger partial charge in [-0.05, 0) is 44.2 Å². The molecule has 0 amide bonds. The zero-order chi connectivity index (χ0) is 24.4. The Balaban J connectivity index is 1.28. The number of carbonyl (C=O) groups excluding carboxylic acids is 2. The van der Waals surface area contributed by atoms with Gasteiger partial charge in [0, 0.05) is 51.9 Å². The predicted molar refractivity (Wildman–Crippen MR) is 132 cm³/mol. The van der Waals surface area contributed by atoms with E-state index in [-0.39, 0.29) is 12.4 Å². The highest BCUT2D eigenvalue weighted by atomic mass is 16.6. The van der Waals surface area contributed by atoms with Crippen molar-refractivity contribution in [3.63, 3.8) is 0 Å². The third-order valence-corrected chi connectivity index (χ3v) is 5.92. The van der Waals surface area contributed by atoms with Crippen LogP contribution in [0.5, 0.6) is 11.5 Å². The molecule has 0 fully saturated rings. The van der Waals surface area contributed by atoms with Crippen LogP contribution in [-0.2, 0) is 9.53 Å². The fourth-order valence-corrected chi connectivity index (χ4v) is 4.30. The number of carbonyl (C=O) groups is 2. The Morgan fingerprint density at radius 1 is 1.03 bits per heavy atom. The Morgan fingerprint density at radius 3 is 2.69 bits per heavy atom. The molecule has 2 aromatic carbocycles. The minimum absolute atomic E-state index is 0.268. The lowest BCUT2D eigenvalue weighted by molar-refractivity contribution is -0.136. The van der Waals surface area contributed by atoms with Crippen LogP contribution >= 0.6 is 0 Å². The molecule has 0 spiro atoms. The summed E-state index contributed by atoms with van der Waals surface area (Å²) in [4.78, 5) is 29.5. The molecule has 3 heterocycles. The second-order valence-corrected chi connectivity index (χ2v) is 8.23. The minimum Gasteiger partial charge on any atom is -0.486 e. The number of pyridine rings is 1. The van der Waals surface area contributed by atoms with Crippen molar-refractivity contribution in [1.29, 1.82) is 0 Å². The molecule has 1 aliphatic rings. The average Bonchev–Trinajstić information content (AvgIpc) is 3.19. The molecule has 35 heavy (non-hydrogen) atoms. The Kier molecular flexibility index (Phi) is 6.06. The standard InChI is InChI=1S/C28H24N2O5/c1-18-15-23(19(2)30(18)22-9-10-25-26(16-22)34-14-13-33-25)24(31)17-35-27(32)11-8-21-6-3-5-20-7-4-12-29-28(20)21/h3-12,15-16H,13-14,17H2,1-2H3/b11-8+. The number of hydrogen-bond donors (Lipinski definition) is 0. The third kappa shape index (κ3) is 4.53. The van der Waals surface area contributed by atoms with Gasteiger partial charge in [0.2, 0.25) is 5.78 Å². The normalized spacial score (nSPS) is 12.7. The fraction of sp³-hybridized carbons (Fsp3) is 0.179. The maximum absolute atomic E-state index is 12.9. The summed E-state index contributed by atoms with van der Waals surface area (Å²) >= 11 is 0. The highest BCUT2D eigenvalue weighted by Crippen LogP contribution is 2.33. The van der Waals surface area contributed by atoms with Crippen LogP contribution in [0.25, 0.3) is 22.7 Å². The second kappa shape index (κ2) is 9.46. The van der Waals surface area contributed by atoms with Gasteiger partial charge >= 0.3 is 5.97 Å². The van der Waals surface area contributed by atoms with Gasteiger partial charge in [-0.1, -0.05) is 24.3 Å². The number of aromatic nitrogens is 2. The topological polar surface area (TPSA) is 79.7 Å². The van der Waals surface area contributed by atoms with Crippen LogP contribution in [0.3, 0.4) is 0 Å². The number of Topliss-reactive ketones (excluding diaryl/α,β-unsaturated/α-hetero) is 1. The Labute approximate surface area is 202 Å². The first-order chi connectivity index (χ1) is 17.0. The molecule has 0 saturated carbocycles. The summed E-state index contributed by atoms with van der Waals surface area (Å²) in [5, 5.41) is 0.978. The van der Waals surface area contributed by atoms with Crippen LogP contribution in [0.2, 0.25) is 0 Å². The molecule has 7 heteroatoms. The summed E-state index contributed by atoms with van der Waals surface area (Å²) < 4.78 is 18.5. The number of para-hydroxylation sites is 1. The lowest BCUT2D eigenvalue weighted by atomic mass is 10.1. The Bertz CT molecular complexity index is 1460. The van der Waals surface area contributed by atoms with Crippen molar-refractivity contribution in [2.75, 3.05) is 19.8 Å². The van der Waals surface area contributed by atoms with Gasteiger partial charge < -0.3 is 18.8 Å². The largest absolute Gasteiger partial charge is 0.486 e. The van der Waals surface area contributed by atoms with Gasteiger partial charge in [-0.2, -0.15) is 0 Å². The lowest BCUT2D eigenvalue weighted by Gasteiger charge is -2.20. The molecular weight excluding hydrogens is 444 g/mol. The average molecular weight is 469 g/mol. The first-order valence-corrected chi connectivity index (χ1v) is 11.3. The summed E-state index contributed by atoms with van der Waals surface area (Å²) in [6.45, 7) is 4.47. The predicted octanol–water partition coefficient (Wildman–Crippen LogP) is 4.85. The maximum Gasteiger partial charge on any atom is 0.331 e. The number of nitrogens with zero attached hydrogens (tertiary/aromatic N) is 2. The molecule has 0 aliphatic carbocycles. The molecule has 0 radical (unpaired) electrons. The molecule has 0 N–H and O–H groups in total. The van der Waals surface area contributed by atoms with E-state index in [9.17, 15) is 9.59 Å². The van der Waals surface area contributed by atoms with E-state index in [1.54, 1.807) is 18.3 Å². The van der Waals surface area contributed by atoms with E-state index in [4.69, 9.17) is 14.2 Å². The zero-order valence-corrected chi connectivity index (χ0v) is 19.5. The molecule has 4 aromatic rings. The summed E-state index contributed by atoms with van der Waals surface area (Å²) in [6.07, 6.45) is 4.67. The third-order valence-electron chi connectivity index (χ3n) is 5.92. The molecule has 0 atom stereocenters.